The lowest BCUT2D eigenvalue weighted by Crippen LogP contribution is -2.35. The predicted molar refractivity (Wildman–Crippen MR) is 64.3 cm³/mol. The molecule has 1 atom stereocenters. The summed E-state index contributed by atoms with van der Waals surface area (Å²) in [5, 5.41) is 4.15. The summed E-state index contributed by atoms with van der Waals surface area (Å²) in [6.45, 7) is 4.23. The highest BCUT2D eigenvalue weighted by Crippen LogP contribution is 2.35. The van der Waals surface area contributed by atoms with Crippen LogP contribution in [0.25, 0.3) is 0 Å². The number of ether oxygens (including phenoxy) is 2. The van der Waals surface area contributed by atoms with Crippen molar-refractivity contribution >= 4 is 11.6 Å². The predicted octanol–water partition coefficient (Wildman–Crippen LogP) is 2.32. The molecule has 4 heteroatoms. The number of hydrogen-bond acceptors (Lipinski definition) is 3. The lowest BCUT2D eigenvalue weighted by atomic mass is 10.0. The minimum atomic E-state index is 0.121. The van der Waals surface area contributed by atoms with E-state index in [1.165, 1.54) is 0 Å². The van der Waals surface area contributed by atoms with Crippen molar-refractivity contribution < 1.29 is 9.47 Å². The molecule has 1 aromatic rings. The highest BCUT2D eigenvalue weighted by Gasteiger charge is 2.22. The molecule has 1 aromatic carbocycles. The van der Waals surface area contributed by atoms with Crippen LogP contribution in [0.1, 0.15) is 17.2 Å². The maximum atomic E-state index is 6.33. The van der Waals surface area contributed by atoms with E-state index in [1.807, 2.05) is 19.1 Å². The van der Waals surface area contributed by atoms with Crippen LogP contribution < -0.4 is 10.1 Å². The number of rotatable bonds is 2. The van der Waals surface area contributed by atoms with Gasteiger partial charge in [-0.15, -0.1) is 0 Å². The number of methoxy groups -OCH3 is 1. The molecule has 16 heavy (non-hydrogen) atoms. The smallest absolute Gasteiger partial charge is 0.125 e. The van der Waals surface area contributed by atoms with Gasteiger partial charge in [0, 0.05) is 12.1 Å². The van der Waals surface area contributed by atoms with Gasteiger partial charge in [-0.1, -0.05) is 17.7 Å². The summed E-state index contributed by atoms with van der Waals surface area (Å²) in [5.74, 6) is 0.818. The van der Waals surface area contributed by atoms with E-state index >= 15 is 0 Å². The van der Waals surface area contributed by atoms with Gasteiger partial charge in [0.05, 0.1) is 31.4 Å². The van der Waals surface area contributed by atoms with Crippen LogP contribution in [0, 0.1) is 6.92 Å². The Kier molecular flexibility index (Phi) is 3.69. The van der Waals surface area contributed by atoms with Gasteiger partial charge in [-0.05, 0) is 18.6 Å². The molecule has 3 nitrogen and oxygen atoms in total. The topological polar surface area (TPSA) is 30.5 Å². The molecule has 1 N–H and O–H groups in total. The maximum Gasteiger partial charge on any atom is 0.125 e. The first kappa shape index (κ1) is 11.7. The number of nitrogens with one attached hydrogen (secondary N) is 1. The van der Waals surface area contributed by atoms with Gasteiger partial charge < -0.3 is 14.8 Å². The number of aryl methyl sites for hydroxylation is 1. The van der Waals surface area contributed by atoms with Crippen LogP contribution in [0.5, 0.6) is 5.75 Å². The summed E-state index contributed by atoms with van der Waals surface area (Å²) in [4.78, 5) is 0. The zero-order valence-electron chi connectivity index (χ0n) is 9.55. The summed E-state index contributed by atoms with van der Waals surface area (Å²) in [5.41, 5.74) is 2.06. The molecule has 1 unspecified atom stereocenters. The first-order valence-electron chi connectivity index (χ1n) is 5.38. The van der Waals surface area contributed by atoms with Gasteiger partial charge >= 0.3 is 0 Å². The van der Waals surface area contributed by atoms with E-state index in [4.69, 9.17) is 21.1 Å². The van der Waals surface area contributed by atoms with Gasteiger partial charge in [0.1, 0.15) is 5.75 Å². The summed E-state index contributed by atoms with van der Waals surface area (Å²) in [6.07, 6.45) is 0. The van der Waals surface area contributed by atoms with E-state index < -0.39 is 0 Å². The molecule has 0 radical (unpaired) electrons. The zero-order chi connectivity index (χ0) is 11.5. The number of benzene rings is 1. The van der Waals surface area contributed by atoms with Crippen LogP contribution in [-0.2, 0) is 4.74 Å². The Morgan fingerprint density at radius 3 is 2.94 bits per heavy atom. The SMILES string of the molecule is COc1ccc(C)c(Cl)c1C1COCCN1. The number of halogens is 1. The molecule has 0 spiro atoms. The highest BCUT2D eigenvalue weighted by atomic mass is 35.5. The normalized spacial score (nSPS) is 20.8. The van der Waals surface area contributed by atoms with Gasteiger partial charge in [-0.3, -0.25) is 0 Å². The van der Waals surface area contributed by atoms with E-state index in [9.17, 15) is 0 Å². The molecule has 0 bridgehead atoms. The van der Waals surface area contributed by atoms with E-state index in [-0.39, 0.29) is 6.04 Å². The van der Waals surface area contributed by atoms with E-state index in [0.29, 0.717) is 6.61 Å². The third kappa shape index (κ3) is 2.17. The lowest BCUT2D eigenvalue weighted by molar-refractivity contribution is 0.0761. The Morgan fingerprint density at radius 1 is 1.50 bits per heavy atom. The third-order valence-electron chi connectivity index (χ3n) is 2.82. The van der Waals surface area contributed by atoms with Crippen LogP contribution in [0.3, 0.4) is 0 Å². The molecule has 1 heterocycles. The van der Waals surface area contributed by atoms with E-state index in [2.05, 4.69) is 5.32 Å². The summed E-state index contributed by atoms with van der Waals surface area (Å²) < 4.78 is 10.8. The second-order valence-corrected chi connectivity index (χ2v) is 4.27. The van der Waals surface area contributed by atoms with Crippen molar-refractivity contribution in [1.29, 1.82) is 0 Å². The van der Waals surface area contributed by atoms with Crippen molar-refractivity contribution in [3.8, 4) is 5.75 Å². The molecule has 1 fully saturated rings. The van der Waals surface area contributed by atoms with Crippen LogP contribution in [0.4, 0.5) is 0 Å². The molecule has 0 amide bonds. The van der Waals surface area contributed by atoms with E-state index in [0.717, 1.165) is 35.1 Å². The van der Waals surface area contributed by atoms with E-state index in [1.54, 1.807) is 7.11 Å². The minimum Gasteiger partial charge on any atom is -0.496 e. The molecule has 1 aliphatic heterocycles. The summed E-state index contributed by atoms with van der Waals surface area (Å²) >= 11 is 6.33. The zero-order valence-corrected chi connectivity index (χ0v) is 10.3. The average Bonchev–Trinajstić information content (AvgIpc) is 2.33. The molecule has 0 aromatic heterocycles. The van der Waals surface area contributed by atoms with Crippen LogP contribution >= 0.6 is 11.6 Å². The fraction of sp³-hybridized carbons (Fsp3) is 0.500. The molecular weight excluding hydrogens is 226 g/mol. The van der Waals surface area contributed by atoms with Crippen molar-refractivity contribution in [2.24, 2.45) is 0 Å². The average molecular weight is 242 g/mol. The first-order valence-corrected chi connectivity index (χ1v) is 5.76. The van der Waals surface area contributed by atoms with Gasteiger partial charge in [-0.2, -0.15) is 0 Å². The maximum absolute atomic E-state index is 6.33. The van der Waals surface area contributed by atoms with Crippen LogP contribution in [0.2, 0.25) is 5.02 Å². The van der Waals surface area contributed by atoms with Gasteiger partial charge in [0.2, 0.25) is 0 Å². The summed E-state index contributed by atoms with van der Waals surface area (Å²) in [6, 6.07) is 4.04. The fourth-order valence-electron chi connectivity index (χ4n) is 1.94. The molecular formula is C12H16ClNO2. The lowest BCUT2D eigenvalue weighted by Gasteiger charge is -2.26. The molecule has 88 valence electrons. The Balaban J connectivity index is 2.39. The second kappa shape index (κ2) is 5.04. The Bertz CT molecular complexity index is 376. The molecule has 2 rings (SSSR count). The van der Waals surface area contributed by atoms with Crippen LogP contribution in [-0.4, -0.2) is 26.9 Å². The van der Waals surface area contributed by atoms with Gasteiger partial charge in [-0.25, -0.2) is 0 Å². The second-order valence-electron chi connectivity index (χ2n) is 3.89. The van der Waals surface area contributed by atoms with Crippen molar-refractivity contribution in [3.05, 3.63) is 28.3 Å². The molecule has 0 aliphatic carbocycles. The Hall–Kier alpha value is -0.770. The quantitative estimate of drug-likeness (QED) is 0.862. The number of hydrogen-bond donors (Lipinski definition) is 1. The van der Waals surface area contributed by atoms with Gasteiger partial charge in [0.15, 0.2) is 0 Å². The molecule has 0 saturated carbocycles. The fourth-order valence-corrected chi connectivity index (χ4v) is 2.23. The Labute approximate surface area is 101 Å². The molecule has 1 saturated heterocycles. The minimum absolute atomic E-state index is 0.121. The van der Waals surface area contributed by atoms with Crippen LogP contribution in [0.15, 0.2) is 12.1 Å². The monoisotopic (exact) mass is 241 g/mol. The van der Waals surface area contributed by atoms with Crippen molar-refractivity contribution in [3.63, 3.8) is 0 Å². The third-order valence-corrected chi connectivity index (χ3v) is 3.32. The van der Waals surface area contributed by atoms with Crippen molar-refractivity contribution in [1.82, 2.24) is 5.32 Å². The van der Waals surface area contributed by atoms with Crippen molar-refractivity contribution in [2.75, 3.05) is 26.9 Å². The van der Waals surface area contributed by atoms with Crippen molar-refractivity contribution in [2.45, 2.75) is 13.0 Å². The summed E-state index contributed by atoms with van der Waals surface area (Å²) in [7, 11) is 1.66. The number of morpholine rings is 1. The Morgan fingerprint density at radius 2 is 2.31 bits per heavy atom. The largest absolute Gasteiger partial charge is 0.496 e. The highest BCUT2D eigenvalue weighted by molar-refractivity contribution is 6.32. The standard InChI is InChI=1S/C12H16ClNO2/c1-8-3-4-10(15-2)11(12(8)13)9-7-16-6-5-14-9/h3-4,9,14H,5-7H2,1-2H3. The first-order chi connectivity index (χ1) is 7.74. The molecule has 1 aliphatic rings. The van der Waals surface area contributed by atoms with Gasteiger partial charge in [0.25, 0.3) is 0 Å².